The number of nitrogens with zero attached hydrogens (tertiary/aromatic N) is 4. The number of hydrogen-bond donors (Lipinski definition) is 0. The van der Waals surface area contributed by atoms with E-state index < -0.39 is 14.2 Å². The zero-order valence-corrected chi connectivity index (χ0v) is 35.7. The van der Waals surface area contributed by atoms with Crippen LogP contribution in [0.15, 0.2) is 225 Å². The molecule has 0 fully saturated rings. The normalized spacial score (nSPS) is 15.1. The molecule has 0 saturated carbocycles. The summed E-state index contributed by atoms with van der Waals surface area (Å²) in [5.41, 5.74) is 11.3. The lowest BCUT2D eigenvalue weighted by atomic mass is 9.89. The molecule has 1 aliphatic heterocycles. The van der Waals surface area contributed by atoms with E-state index in [1.165, 1.54) is 48.6 Å². The second kappa shape index (κ2) is 14.3. The summed E-state index contributed by atoms with van der Waals surface area (Å²) in [7, 11) is -3.14. The van der Waals surface area contributed by atoms with Gasteiger partial charge in [-0.15, -0.1) is 0 Å². The molecular formula is C58H39FN4Si. The SMILES string of the molecule is FC(c1ccc2c(c1)N(c1ccccn1)c1c(ccc3c1-c1ccccc1C3c1ccccc1)[Si]2(c1ccccc1)c1ccccc1)c1ccc2c3ccccc3n3ccnc3c2c1. The lowest BCUT2D eigenvalue weighted by Crippen LogP contribution is -2.77. The van der Waals surface area contributed by atoms with Crippen molar-refractivity contribution in [1.29, 1.82) is 0 Å². The van der Waals surface area contributed by atoms with Gasteiger partial charge in [0.05, 0.1) is 11.2 Å². The molecule has 0 radical (unpaired) electrons. The van der Waals surface area contributed by atoms with Gasteiger partial charge >= 0.3 is 0 Å². The number of benzene rings is 8. The monoisotopic (exact) mass is 838 g/mol. The first-order valence-corrected chi connectivity index (χ1v) is 23.9. The van der Waals surface area contributed by atoms with Crippen LogP contribution in [0.3, 0.4) is 0 Å². The smallest absolute Gasteiger partial charge is 0.184 e. The lowest BCUT2D eigenvalue weighted by Gasteiger charge is -2.46. The molecule has 0 saturated heterocycles. The Hall–Kier alpha value is -7.93. The second-order valence-electron chi connectivity index (χ2n) is 16.9. The molecule has 6 heteroatoms. The van der Waals surface area contributed by atoms with Crippen LogP contribution in [0.1, 0.15) is 39.9 Å². The van der Waals surface area contributed by atoms with Gasteiger partial charge < -0.3 is 0 Å². The van der Waals surface area contributed by atoms with Crippen molar-refractivity contribution in [2.45, 2.75) is 12.1 Å². The Bertz CT molecular complexity index is 3550. The van der Waals surface area contributed by atoms with Crippen molar-refractivity contribution < 1.29 is 4.39 Å². The summed E-state index contributed by atoms with van der Waals surface area (Å²) in [5, 5.41) is 8.09. The topological polar surface area (TPSA) is 33.4 Å². The van der Waals surface area contributed by atoms with Crippen LogP contribution in [0.5, 0.6) is 0 Å². The molecule has 2 unspecified atom stereocenters. The zero-order chi connectivity index (χ0) is 42.4. The molecule has 11 aromatic rings. The third kappa shape index (κ3) is 5.20. The van der Waals surface area contributed by atoms with Crippen LogP contribution >= 0.6 is 0 Å². The van der Waals surface area contributed by atoms with Crippen molar-refractivity contribution in [1.82, 2.24) is 14.4 Å². The molecule has 4 heterocycles. The fraction of sp³-hybridized carbons (Fsp3) is 0.0345. The average molecular weight is 839 g/mol. The van der Waals surface area contributed by atoms with Crippen molar-refractivity contribution in [3.05, 3.63) is 253 Å². The first kappa shape index (κ1) is 36.7. The third-order valence-electron chi connectivity index (χ3n) is 13.7. The summed E-state index contributed by atoms with van der Waals surface area (Å²) in [6.07, 6.45) is 4.25. The minimum Gasteiger partial charge on any atom is -0.299 e. The maximum atomic E-state index is 17.9. The molecule has 13 rings (SSSR count). The van der Waals surface area contributed by atoms with Crippen LogP contribution in [0, 0.1) is 0 Å². The molecule has 302 valence electrons. The number of pyridine rings is 2. The standard InChI is InChI=1S/C58H39FN4Si/c59-56(39-27-29-43-44-22-12-13-25-49(44)62-35-34-61-58(62)48(43)36-39)40-28-31-51-50(37-40)63(53-26-14-15-33-60-53)57-52(64(51,41-18-6-2-7-19-41)42-20-8-3-9-21-42)32-30-47-54(38-16-4-1-5-17-38)45-23-10-11-24-46(45)55(47)57/h1-37,54,56H. The highest BCUT2D eigenvalue weighted by Crippen LogP contribution is 2.54. The summed E-state index contributed by atoms with van der Waals surface area (Å²) >= 11 is 0. The van der Waals surface area contributed by atoms with E-state index in [0.717, 1.165) is 44.5 Å². The number of imidazole rings is 1. The highest BCUT2D eigenvalue weighted by Gasteiger charge is 2.51. The van der Waals surface area contributed by atoms with Gasteiger partial charge in [-0.2, -0.15) is 0 Å². The molecule has 0 N–H and O–H groups in total. The minimum absolute atomic E-state index is 0.0438. The number of alkyl halides is 1. The van der Waals surface area contributed by atoms with E-state index in [4.69, 9.17) is 9.97 Å². The summed E-state index contributed by atoms with van der Waals surface area (Å²) < 4.78 is 20.0. The quantitative estimate of drug-likeness (QED) is 0.124. The Balaban J connectivity index is 1.11. The van der Waals surface area contributed by atoms with Gasteiger partial charge in [-0.05, 0) is 89.8 Å². The summed E-state index contributed by atoms with van der Waals surface area (Å²) in [5.74, 6) is 0.830. The van der Waals surface area contributed by atoms with E-state index in [1.807, 2.05) is 48.9 Å². The Labute approximate surface area is 371 Å². The zero-order valence-electron chi connectivity index (χ0n) is 34.7. The molecule has 2 atom stereocenters. The molecule has 3 aromatic heterocycles. The number of aromatic nitrogens is 3. The Morgan fingerprint density at radius 2 is 1.19 bits per heavy atom. The van der Waals surface area contributed by atoms with Crippen molar-refractivity contribution >= 4 is 73.3 Å². The summed E-state index contributed by atoms with van der Waals surface area (Å²) in [4.78, 5) is 12.2. The highest BCUT2D eigenvalue weighted by atomic mass is 28.3. The van der Waals surface area contributed by atoms with Crippen molar-refractivity contribution in [3.8, 4) is 11.1 Å². The molecule has 0 amide bonds. The van der Waals surface area contributed by atoms with Crippen LogP contribution in [0.25, 0.3) is 38.4 Å². The van der Waals surface area contributed by atoms with Gasteiger partial charge in [0.15, 0.2) is 14.2 Å². The predicted molar refractivity (Wildman–Crippen MR) is 262 cm³/mol. The molecule has 2 aliphatic rings. The number of halogens is 1. The van der Waals surface area contributed by atoms with Gasteiger partial charge in [-0.25, -0.2) is 14.4 Å². The highest BCUT2D eigenvalue weighted by molar-refractivity contribution is 7.21. The van der Waals surface area contributed by atoms with E-state index in [2.05, 4.69) is 185 Å². The van der Waals surface area contributed by atoms with Crippen LogP contribution in [0.4, 0.5) is 21.6 Å². The Morgan fingerprint density at radius 1 is 0.516 bits per heavy atom. The first-order valence-electron chi connectivity index (χ1n) is 21.9. The van der Waals surface area contributed by atoms with Crippen molar-refractivity contribution in [2.75, 3.05) is 4.90 Å². The van der Waals surface area contributed by atoms with Gasteiger partial charge in [0, 0.05) is 46.5 Å². The molecule has 8 aromatic carbocycles. The second-order valence-corrected chi connectivity index (χ2v) is 20.7. The Morgan fingerprint density at radius 3 is 1.97 bits per heavy atom. The fourth-order valence-electron chi connectivity index (χ4n) is 11.1. The maximum Gasteiger partial charge on any atom is 0.184 e. The number of fused-ring (bicyclic) bond motifs is 12. The minimum atomic E-state index is -3.14. The average Bonchev–Trinajstić information content (AvgIpc) is 4.01. The molecule has 0 spiro atoms. The first-order chi connectivity index (χ1) is 31.7. The van der Waals surface area contributed by atoms with E-state index in [-0.39, 0.29) is 5.92 Å². The molecule has 4 nitrogen and oxygen atoms in total. The van der Waals surface area contributed by atoms with E-state index in [0.29, 0.717) is 11.1 Å². The number of rotatable bonds is 6. The van der Waals surface area contributed by atoms with Gasteiger partial charge in [0.1, 0.15) is 11.5 Å². The van der Waals surface area contributed by atoms with Crippen LogP contribution in [-0.4, -0.2) is 22.4 Å². The van der Waals surface area contributed by atoms with E-state index in [9.17, 15) is 0 Å². The van der Waals surface area contributed by atoms with E-state index in [1.54, 1.807) is 0 Å². The fourth-order valence-corrected chi connectivity index (χ4v) is 16.2. The van der Waals surface area contributed by atoms with Crippen molar-refractivity contribution in [3.63, 3.8) is 0 Å². The predicted octanol–water partition coefficient (Wildman–Crippen LogP) is 11.4. The molecule has 1 aliphatic carbocycles. The molecule has 64 heavy (non-hydrogen) atoms. The summed E-state index contributed by atoms with van der Waals surface area (Å²) in [6, 6.07) is 73.5. The van der Waals surface area contributed by atoms with Crippen LogP contribution < -0.4 is 25.6 Å². The van der Waals surface area contributed by atoms with Gasteiger partial charge in [0.2, 0.25) is 0 Å². The van der Waals surface area contributed by atoms with Crippen molar-refractivity contribution in [2.24, 2.45) is 0 Å². The van der Waals surface area contributed by atoms with E-state index >= 15 is 4.39 Å². The number of para-hydroxylation sites is 1. The van der Waals surface area contributed by atoms with Crippen LogP contribution in [-0.2, 0) is 0 Å². The molecular weight excluding hydrogens is 800 g/mol. The Kier molecular flexibility index (Phi) is 8.20. The lowest BCUT2D eigenvalue weighted by molar-refractivity contribution is 0.402. The molecule has 0 bridgehead atoms. The van der Waals surface area contributed by atoms with Crippen LogP contribution in [0.2, 0.25) is 0 Å². The largest absolute Gasteiger partial charge is 0.299 e. The van der Waals surface area contributed by atoms with Gasteiger partial charge in [0.25, 0.3) is 0 Å². The van der Waals surface area contributed by atoms with Gasteiger partial charge in [-0.1, -0.05) is 176 Å². The van der Waals surface area contributed by atoms with Gasteiger partial charge in [-0.3, -0.25) is 9.30 Å². The number of anilines is 3. The number of hydrogen-bond acceptors (Lipinski definition) is 3. The summed E-state index contributed by atoms with van der Waals surface area (Å²) in [6.45, 7) is 0. The maximum absolute atomic E-state index is 17.9. The third-order valence-corrected chi connectivity index (χ3v) is 18.6.